The molecule has 0 radical (unpaired) electrons. The van der Waals surface area contributed by atoms with E-state index in [9.17, 15) is 0 Å². The van der Waals surface area contributed by atoms with E-state index in [4.69, 9.17) is 0 Å². The van der Waals surface area contributed by atoms with Gasteiger partial charge in [0.2, 0.25) is 0 Å². The third kappa shape index (κ3) is 2.58. The van der Waals surface area contributed by atoms with E-state index < -0.39 is 0 Å². The first-order valence-corrected chi connectivity index (χ1v) is 12.9. The first-order chi connectivity index (χ1) is 17.3. The fourth-order valence-electron chi connectivity index (χ4n) is 5.94. The standard InChI is InChI=1S/C33H21NS/c1-20-17-28(22-10-3-2-4-11-22)34-29-19-31-26(24-13-7-8-14-30(24)35-31)18-27(29)32-23-12-6-5-9-21(23)15-16-25(32)33(20)34/h2-19H,1H3. The molecule has 5 aromatic carbocycles. The topological polar surface area (TPSA) is 4.41 Å². The number of rotatable bonds is 1. The van der Waals surface area contributed by atoms with E-state index in [1.54, 1.807) is 0 Å². The molecule has 0 amide bonds. The SMILES string of the molecule is Cc1cc(-c2ccccc2)n2c3cc4sc5ccccc5c4cc3c3c4ccccc4ccc3c12. The summed E-state index contributed by atoms with van der Waals surface area (Å²) in [5, 5.41) is 9.27. The zero-order chi connectivity index (χ0) is 23.1. The average Bonchev–Trinajstić information content (AvgIpc) is 3.45. The Kier molecular flexibility index (Phi) is 3.81. The summed E-state index contributed by atoms with van der Waals surface area (Å²) in [7, 11) is 0. The molecule has 1 nitrogen and oxygen atoms in total. The molecule has 0 unspecified atom stereocenters. The van der Waals surface area contributed by atoms with Crippen LogP contribution in [0.2, 0.25) is 0 Å². The lowest BCUT2D eigenvalue weighted by molar-refractivity contribution is 1.29. The van der Waals surface area contributed by atoms with E-state index in [2.05, 4.69) is 121 Å². The molecule has 3 heterocycles. The van der Waals surface area contributed by atoms with E-state index >= 15 is 0 Å². The van der Waals surface area contributed by atoms with Crippen molar-refractivity contribution in [3.05, 3.63) is 115 Å². The Labute approximate surface area is 206 Å². The van der Waals surface area contributed by atoms with Crippen molar-refractivity contribution in [3.8, 4) is 11.3 Å². The monoisotopic (exact) mass is 463 g/mol. The Hall–Kier alpha value is -4.14. The van der Waals surface area contributed by atoms with Crippen molar-refractivity contribution in [1.29, 1.82) is 0 Å². The van der Waals surface area contributed by atoms with Crippen LogP contribution >= 0.6 is 11.3 Å². The molecule has 8 rings (SSSR count). The minimum Gasteiger partial charge on any atom is -0.308 e. The largest absolute Gasteiger partial charge is 0.308 e. The fraction of sp³-hybridized carbons (Fsp3) is 0.0303. The number of thiophene rings is 1. The molecule has 2 heteroatoms. The van der Waals surface area contributed by atoms with E-state index in [0.29, 0.717) is 0 Å². The van der Waals surface area contributed by atoms with Crippen LogP contribution in [0.4, 0.5) is 0 Å². The van der Waals surface area contributed by atoms with Gasteiger partial charge in [-0.1, -0.05) is 84.9 Å². The van der Waals surface area contributed by atoms with Gasteiger partial charge in [-0.15, -0.1) is 11.3 Å². The quantitative estimate of drug-likeness (QED) is 0.213. The second-order valence-electron chi connectivity index (χ2n) is 9.44. The molecule has 0 aliphatic heterocycles. The number of pyridine rings is 1. The van der Waals surface area contributed by atoms with Gasteiger partial charge in [0.1, 0.15) is 0 Å². The first kappa shape index (κ1) is 19.2. The van der Waals surface area contributed by atoms with Crippen molar-refractivity contribution in [2.24, 2.45) is 0 Å². The maximum atomic E-state index is 2.50. The highest BCUT2D eigenvalue weighted by molar-refractivity contribution is 7.25. The van der Waals surface area contributed by atoms with Crippen LogP contribution in [0.3, 0.4) is 0 Å². The maximum Gasteiger partial charge on any atom is 0.0570 e. The summed E-state index contributed by atoms with van der Waals surface area (Å²) in [6.45, 7) is 2.25. The number of hydrogen-bond donors (Lipinski definition) is 0. The molecule has 0 bridgehead atoms. The molecule has 35 heavy (non-hydrogen) atoms. The lowest BCUT2D eigenvalue weighted by atomic mass is 9.96. The highest BCUT2D eigenvalue weighted by Crippen LogP contribution is 2.43. The van der Waals surface area contributed by atoms with Crippen LogP contribution in [0.25, 0.3) is 69.4 Å². The van der Waals surface area contributed by atoms with Crippen LogP contribution in [0.5, 0.6) is 0 Å². The number of benzene rings is 5. The van der Waals surface area contributed by atoms with Gasteiger partial charge in [0.05, 0.1) is 16.7 Å². The van der Waals surface area contributed by atoms with Gasteiger partial charge in [-0.25, -0.2) is 0 Å². The van der Waals surface area contributed by atoms with Gasteiger partial charge in [0.15, 0.2) is 0 Å². The van der Waals surface area contributed by atoms with Crippen LogP contribution in [-0.4, -0.2) is 4.40 Å². The molecule has 164 valence electrons. The van der Waals surface area contributed by atoms with Gasteiger partial charge >= 0.3 is 0 Å². The van der Waals surface area contributed by atoms with Crippen molar-refractivity contribution in [3.63, 3.8) is 0 Å². The summed E-state index contributed by atoms with van der Waals surface area (Å²) in [6, 6.07) is 40.2. The molecule has 0 fully saturated rings. The van der Waals surface area contributed by atoms with Gasteiger partial charge < -0.3 is 4.40 Å². The summed E-state index contributed by atoms with van der Waals surface area (Å²) in [5.41, 5.74) is 6.38. The molecule has 0 saturated carbocycles. The molecular formula is C33H21NS. The zero-order valence-electron chi connectivity index (χ0n) is 19.2. The number of aryl methyl sites for hydroxylation is 1. The Balaban J connectivity index is 1.70. The summed E-state index contributed by atoms with van der Waals surface area (Å²) in [4.78, 5) is 0. The van der Waals surface area contributed by atoms with Crippen molar-refractivity contribution in [2.45, 2.75) is 6.92 Å². The lowest BCUT2D eigenvalue weighted by Gasteiger charge is -2.15. The van der Waals surface area contributed by atoms with E-state index in [-0.39, 0.29) is 0 Å². The minimum absolute atomic E-state index is 1.24. The first-order valence-electron chi connectivity index (χ1n) is 12.0. The van der Waals surface area contributed by atoms with E-state index in [1.165, 1.54) is 75.0 Å². The summed E-state index contributed by atoms with van der Waals surface area (Å²) < 4.78 is 5.18. The molecule has 0 spiro atoms. The molecule has 0 saturated heterocycles. The maximum absolute atomic E-state index is 2.50. The fourth-order valence-corrected chi connectivity index (χ4v) is 7.07. The van der Waals surface area contributed by atoms with E-state index in [0.717, 1.165) is 0 Å². The second-order valence-corrected chi connectivity index (χ2v) is 10.5. The summed E-state index contributed by atoms with van der Waals surface area (Å²) in [6.07, 6.45) is 0. The smallest absolute Gasteiger partial charge is 0.0570 e. The van der Waals surface area contributed by atoms with E-state index in [1.807, 2.05) is 11.3 Å². The second kappa shape index (κ2) is 6.94. The number of nitrogens with zero attached hydrogens (tertiary/aromatic N) is 1. The van der Waals surface area contributed by atoms with Crippen LogP contribution in [0, 0.1) is 6.92 Å². The van der Waals surface area contributed by atoms with Crippen molar-refractivity contribution < 1.29 is 0 Å². The summed E-state index contributed by atoms with van der Waals surface area (Å²) in [5.74, 6) is 0. The average molecular weight is 464 g/mol. The third-order valence-corrected chi connectivity index (χ3v) is 8.58. The van der Waals surface area contributed by atoms with Crippen LogP contribution in [0.15, 0.2) is 109 Å². The van der Waals surface area contributed by atoms with Gasteiger partial charge in [-0.05, 0) is 53.1 Å². The number of aromatic nitrogens is 1. The van der Waals surface area contributed by atoms with Crippen molar-refractivity contribution >= 4 is 69.5 Å². The molecular weight excluding hydrogens is 442 g/mol. The van der Waals surface area contributed by atoms with Gasteiger partial charge in [-0.3, -0.25) is 0 Å². The predicted octanol–water partition coefficient (Wildman–Crippen LogP) is 9.74. The Morgan fingerprint density at radius 1 is 0.571 bits per heavy atom. The lowest BCUT2D eigenvalue weighted by Crippen LogP contribution is -1.94. The minimum atomic E-state index is 1.24. The Morgan fingerprint density at radius 2 is 1.34 bits per heavy atom. The zero-order valence-corrected chi connectivity index (χ0v) is 20.1. The van der Waals surface area contributed by atoms with Crippen molar-refractivity contribution in [1.82, 2.24) is 4.40 Å². The molecule has 0 aliphatic rings. The number of hydrogen-bond acceptors (Lipinski definition) is 1. The predicted molar refractivity (Wildman–Crippen MR) is 153 cm³/mol. The highest BCUT2D eigenvalue weighted by Gasteiger charge is 2.19. The van der Waals surface area contributed by atoms with Gasteiger partial charge in [0, 0.05) is 36.3 Å². The highest BCUT2D eigenvalue weighted by atomic mass is 32.1. The van der Waals surface area contributed by atoms with Gasteiger partial charge in [-0.2, -0.15) is 0 Å². The summed E-state index contributed by atoms with van der Waals surface area (Å²) >= 11 is 1.89. The Bertz CT molecular complexity index is 2110. The normalized spacial score (nSPS) is 12.1. The Morgan fingerprint density at radius 3 is 2.23 bits per heavy atom. The molecule has 3 aromatic heterocycles. The van der Waals surface area contributed by atoms with Crippen molar-refractivity contribution in [2.75, 3.05) is 0 Å². The molecule has 0 aliphatic carbocycles. The third-order valence-electron chi connectivity index (χ3n) is 7.45. The van der Waals surface area contributed by atoms with Crippen LogP contribution in [0.1, 0.15) is 5.56 Å². The van der Waals surface area contributed by atoms with Gasteiger partial charge in [0.25, 0.3) is 0 Å². The molecule has 8 aromatic rings. The van der Waals surface area contributed by atoms with Crippen LogP contribution < -0.4 is 0 Å². The number of fused-ring (bicyclic) bond motifs is 11. The molecule has 0 N–H and O–H groups in total. The molecule has 0 atom stereocenters. The van der Waals surface area contributed by atoms with Crippen LogP contribution in [-0.2, 0) is 0 Å².